The molecule has 0 saturated carbocycles. The molecule has 0 aliphatic rings. The Hall–Kier alpha value is -1.51. The number of aliphatic hydroxyl groups is 1. The summed E-state index contributed by atoms with van der Waals surface area (Å²) >= 11 is 0. The number of aryl methyl sites for hydroxylation is 2. The molecule has 1 aromatic carbocycles. The number of hydrogen-bond acceptors (Lipinski definition) is 5. The molecule has 112 valence electrons. The highest BCUT2D eigenvalue weighted by Crippen LogP contribution is 2.29. The molecule has 0 aromatic heterocycles. The first-order valence-corrected chi connectivity index (χ1v) is 7.56. The van der Waals surface area contributed by atoms with Crippen LogP contribution in [0.5, 0.6) is 0 Å². The van der Waals surface area contributed by atoms with Crippen molar-refractivity contribution in [3.8, 4) is 0 Å². The average molecular weight is 302 g/mol. The van der Waals surface area contributed by atoms with E-state index in [0.717, 1.165) is 4.31 Å². The van der Waals surface area contributed by atoms with E-state index in [2.05, 4.69) is 0 Å². The topological polar surface area (TPSA) is 101 Å². The van der Waals surface area contributed by atoms with Crippen LogP contribution in [-0.4, -0.2) is 42.4 Å². The van der Waals surface area contributed by atoms with Crippen LogP contribution in [0.2, 0.25) is 0 Å². The molecule has 7 nitrogen and oxygen atoms in total. The van der Waals surface area contributed by atoms with Gasteiger partial charge in [0.2, 0.25) is 10.0 Å². The van der Waals surface area contributed by atoms with Crippen molar-refractivity contribution in [3.63, 3.8) is 0 Å². The van der Waals surface area contributed by atoms with Crippen LogP contribution >= 0.6 is 0 Å². The van der Waals surface area contributed by atoms with Crippen molar-refractivity contribution >= 4 is 15.7 Å². The van der Waals surface area contributed by atoms with Gasteiger partial charge in [-0.2, -0.15) is 4.31 Å². The minimum absolute atomic E-state index is 0.0943. The Morgan fingerprint density at radius 3 is 2.30 bits per heavy atom. The van der Waals surface area contributed by atoms with Crippen molar-refractivity contribution < 1.29 is 18.4 Å². The minimum Gasteiger partial charge on any atom is -0.395 e. The first-order valence-electron chi connectivity index (χ1n) is 6.12. The number of nitrogens with zero attached hydrogens (tertiary/aromatic N) is 2. The lowest BCUT2D eigenvalue weighted by Gasteiger charge is -2.19. The maximum Gasteiger partial charge on any atom is 0.289 e. The molecule has 0 amide bonds. The van der Waals surface area contributed by atoms with Gasteiger partial charge in [-0.1, -0.05) is 6.92 Å². The van der Waals surface area contributed by atoms with E-state index in [0.29, 0.717) is 11.1 Å². The molecule has 0 heterocycles. The van der Waals surface area contributed by atoms with Crippen LogP contribution in [0.3, 0.4) is 0 Å². The fraction of sp³-hybridized carbons (Fsp3) is 0.500. The summed E-state index contributed by atoms with van der Waals surface area (Å²) in [7, 11) is -4.00. The fourth-order valence-electron chi connectivity index (χ4n) is 1.82. The molecular formula is C12H18N2O5S. The minimum atomic E-state index is -4.00. The van der Waals surface area contributed by atoms with Gasteiger partial charge in [-0.25, -0.2) is 8.42 Å². The van der Waals surface area contributed by atoms with E-state index in [1.807, 2.05) is 0 Å². The average Bonchev–Trinajstić information content (AvgIpc) is 2.37. The van der Waals surface area contributed by atoms with Gasteiger partial charge in [-0.05, 0) is 31.0 Å². The van der Waals surface area contributed by atoms with E-state index >= 15 is 0 Å². The van der Waals surface area contributed by atoms with Gasteiger partial charge in [-0.3, -0.25) is 10.1 Å². The predicted octanol–water partition coefficient (Wildman–Crippen LogP) is 1.21. The second kappa shape index (κ2) is 6.29. The molecule has 0 bridgehead atoms. The molecule has 0 spiro atoms. The summed E-state index contributed by atoms with van der Waals surface area (Å²) in [6, 6.07) is 2.57. The highest BCUT2D eigenvalue weighted by atomic mass is 32.2. The van der Waals surface area contributed by atoms with Crippen LogP contribution in [0.25, 0.3) is 0 Å². The molecule has 1 N–H and O–H groups in total. The largest absolute Gasteiger partial charge is 0.395 e. The Labute approximate surface area is 118 Å². The van der Waals surface area contributed by atoms with Gasteiger partial charge in [0.05, 0.1) is 11.5 Å². The lowest BCUT2D eigenvalue weighted by atomic mass is 10.1. The summed E-state index contributed by atoms with van der Waals surface area (Å²) in [6.45, 7) is 4.69. The lowest BCUT2D eigenvalue weighted by molar-refractivity contribution is -0.387. The molecule has 1 rings (SSSR count). The summed E-state index contributed by atoms with van der Waals surface area (Å²) in [6.07, 6.45) is 0. The van der Waals surface area contributed by atoms with Crippen LogP contribution in [0.15, 0.2) is 17.0 Å². The monoisotopic (exact) mass is 302 g/mol. The van der Waals surface area contributed by atoms with Gasteiger partial charge in [0.25, 0.3) is 5.69 Å². The molecule has 0 radical (unpaired) electrons. The normalized spacial score (nSPS) is 11.8. The van der Waals surface area contributed by atoms with E-state index < -0.39 is 20.6 Å². The highest BCUT2D eigenvalue weighted by molar-refractivity contribution is 7.89. The molecular weight excluding hydrogens is 284 g/mol. The standard InChI is InChI=1S/C12H18N2O5S/c1-4-13(5-6-15)20(18,19)12-8-10(3)9(2)7-11(12)14(16)17/h7-8,15H,4-6H2,1-3H3. The Morgan fingerprint density at radius 1 is 1.30 bits per heavy atom. The second-order valence-electron chi connectivity index (χ2n) is 4.38. The molecule has 0 aliphatic carbocycles. The zero-order chi connectivity index (χ0) is 15.5. The Morgan fingerprint density at radius 2 is 1.85 bits per heavy atom. The lowest BCUT2D eigenvalue weighted by Crippen LogP contribution is -2.33. The van der Waals surface area contributed by atoms with Gasteiger partial charge >= 0.3 is 0 Å². The van der Waals surface area contributed by atoms with Gasteiger partial charge in [0.15, 0.2) is 4.90 Å². The van der Waals surface area contributed by atoms with Crippen LogP contribution in [0.1, 0.15) is 18.1 Å². The summed E-state index contributed by atoms with van der Waals surface area (Å²) in [5.74, 6) is 0. The number of hydrogen-bond donors (Lipinski definition) is 1. The van der Waals surface area contributed by atoms with Gasteiger partial charge in [0, 0.05) is 19.2 Å². The first-order chi connectivity index (χ1) is 9.25. The van der Waals surface area contributed by atoms with E-state index in [1.165, 1.54) is 12.1 Å². The number of nitro benzene ring substituents is 1. The van der Waals surface area contributed by atoms with Crippen LogP contribution in [0, 0.1) is 24.0 Å². The van der Waals surface area contributed by atoms with Crippen molar-refractivity contribution in [2.45, 2.75) is 25.7 Å². The molecule has 0 aliphatic heterocycles. The zero-order valence-electron chi connectivity index (χ0n) is 11.7. The van der Waals surface area contributed by atoms with Crippen LogP contribution < -0.4 is 0 Å². The SMILES string of the molecule is CCN(CCO)S(=O)(=O)c1cc(C)c(C)cc1[N+](=O)[O-]. The molecule has 1 aromatic rings. The zero-order valence-corrected chi connectivity index (χ0v) is 12.5. The van der Waals surface area contributed by atoms with Crippen molar-refractivity contribution in [1.82, 2.24) is 4.31 Å². The van der Waals surface area contributed by atoms with E-state index in [1.54, 1.807) is 20.8 Å². The fourth-order valence-corrected chi connectivity index (χ4v) is 3.49. The number of likely N-dealkylation sites (N-methyl/N-ethyl adjacent to an activating group) is 1. The Bertz CT molecular complexity index is 613. The van der Waals surface area contributed by atoms with Gasteiger partial charge < -0.3 is 5.11 Å². The molecule has 0 unspecified atom stereocenters. The third kappa shape index (κ3) is 3.14. The smallest absolute Gasteiger partial charge is 0.289 e. The molecule has 0 fully saturated rings. The van der Waals surface area contributed by atoms with Crippen molar-refractivity contribution in [1.29, 1.82) is 0 Å². The Balaban J connectivity index is 3.51. The predicted molar refractivity (Wildman–Crippen MR) is 74.1 cm³/mol. The second-order valence-corrected chi connectivity index (χ2v) is 6.29. The van der Waals surface area contributed by atoms with Crippen molar-refractivity contribution in [2.24, 2.45) is 0 Å². The molecule has 0 saturated heterocycles. The molecule has 8 heteroatoms. The van der Waals surface area contributed by atoms with Crippen LogP contribution in [-0.2, 0) is 10.0 Å². The van der Waals surface area contributed by atoms with Crippen molar-refractivity contribution in [3.05, 3.63) is 33.4 Å². The third-order valence-electron chi connectivity index (χ3n) is 3.09. The quantitative estimate of drug-likeness (QED) is 0.629. The summed E-state index contributed by atoms with van der Waals surface area (Å²) in [4.78, 5) is 10.0. The summed E-state index contributed by atoms with van der Waals surface area (Å²) < 4.78 is 25.9. The molecule has 20 heavy (non-hydrogen) atoms. The number of benzene rings is 1. The third-order valence-corrected chi connectivity index (χ3v) is 5.10. The Kier molecular flexibility index (Phi) is 5.21. The number of rotatable bonds is 6. The van der Waals surface area contributed by atoms with Gasteiger partial charge in [-0.15, -0.1) is 0 Å². The van der Waals surface area contributed by atoms with Gasteiger partial charge in [0.1, 0.15) is 0 Å². The number of sulfonamides is 1. The summed E-state index contributed by atoms with van der Waals surface area (Å²) in [5, 5.41) is 20.0. The maximum absolute atomic E-state index is 12.5. The molecule has 0 atom stereocenters. The van der Waals surface area contributed by atoms with E-state index in [9.17, 15) is 18.5 Å². The number of nitro groups is 1. The first kappa shape index (κ1) is 16.5. The number of aliphatic hydroxyl groups excluding tert-OH is 1. The van der Waals surface area contributed by atoms with E-state index in [-0.39, 0.29) is 24.6 Å². The van der Waals surface area contributed by atoms with Crippen LogP contribution in [0.4, 0.5) is 5.69 Å². The highest BCUT2D eigenvalue weighted by Gasteiger charge is 2.31. The summed E-state index contributed by atoms with van der Waals surface area (Å²) in [5.41, 5.74) is 0.875. The maximum atomic E-state index is 12.5. The van der Waals surface area contributed by atoms with E-state index in [4.69, 9.17) is 5.11 Å². The van der Waals surface area contributed by atoms with Crippen molar-refractivity contribution in [2.75, 3.05) is 19.7 Å².